The SMILES string of the molecule is CCC/C=C/C=C/[C@H](O)CO. The molecule has 0 aromatic rings. The van der Waals surface area contributed by atoms with Crippen molar-refractivity contribution in [2.24, 2.45) is 0 Å². The maximum absolute atomic E-state index is 8.84. The Balaban J connectivity index is 3.42. The molecule has 0 rings (SSSR count). The molecule has 0 bridgehead atoms. The molecule has 0 saturated heterocycles. The minimum Gasteiger partial charge on any atom is -0.393 e. The van der Waals surface area contributed by atoms with Crippen molar-refractivity contribution in [1.29, 1.82) is 0 Å². The molecule has 0 fully saturated rings. The van der Waals surface area contributed by atoms with Crippen molar-refractivity contribution in [2.75, 3.05) is 6.61 Å². The number of hydrogen-bond acceptors (Lipinski definition) is 2. The zero-order chi connectivity index (χ0) is 8.53. The van der Waals surface area contributed by atoms with Crippen LogP contribution in [0.2, 0.25) is 0 Å². The zero-order valence-electron chi connectivity index (χ0n) is 6.90. The van der Waals surface area contributed by atoms with E-state index in [4.69, 9.17) is 10.2 Å². The molecule has 0 aromatic carbocycles. The van der Waals surface area contributed by atoms with E-state index < -0.39 is 6.10 Å². The highest BCUT2D eigenvalue weighted by molar-refractivity contribution is 5.04. The van der Waals surface area contributed by atoms with Crippen molar-refractivity contribution in [2.45, 2.75) is 25.9 Å². The normalized spacial score (nSPS) is 14.8. The average molecular weight is 156 g/mol. The highest BCUT2D eigenvalue weighted by Gasteiger charge is 1.90. The van der Waals surface area contributed by atoms with Gasteiger partial charge in [-0.3, -0.25) is 0 Å². The number of rotatable bonds is 5. The molecule has 0 saturated carbocycles. The van der Waals surface area contributed by atoms with Gasteiger partial charge in [0.05, 0.1) is 12.7 Å². The first-order valence-electron chi connectivity index (χ1n) is 3.93. The van der Waals surface area contributed by atoms with E-state index in [-0.39, 0.29) is 6.61 Å². The van der Waals surface area contributed by atoms with E-state index >= 15 is 0 Å². The largest absolute Gasteiger partial charge is 0.393 e. The lowest BCUT2D eigenvalue weighted by Crippen LogP contribution is -2.06. The minimum absolute atomic E-state index is 0.210. The van der Waals surface area contributed by atoms with Crippen molar-refractivity contribution in [3.63, 3.8) is 0 Å². The summed E-state index contributed by atoms with van der Waals surface area (Å²) in [6.07, 6.45) is 8.68. The van der Waals surface area contributed by atoms with Crippen molar-refractivity contribution in [3.05, 3.63) is 24.3 Å². The third kappa shape index (κ3) is 7.30. The molecule has 2 heteroatoms. The van der Waals surface area contributed by atoms with E-state index in [0.29, 0.717) is 0 Å². The standard InChI is InChI=1S/C9H16O2/c1-2-3-4-5-6-7-9(11)8-10/h4-7,9-11H,2-3,8H2,1H3/b5-4+,7-6+/t9-/m0/s1. The van der Waals surface area contributed by atoms with Crippen LogP contribution in [0.15, 0.2) is 24.3 Å². The van der Waals surface area contributed by atoms with Gasteiger partial charge in [-0.2, -0.15) is 0 Å². The first-order valence-corrected chi connectivity index (χ1v) is 3.93. The van der Waals surface area contributed by atoms with Crippen LogP contribution in [0.3, 0.4) is 0 Å². The molecule has 0 aromatic heterocycles. The summed E-state index contributed by atoms with van der Waals surface area (Å²) < 4.78 is 0. The number of aliphatic hydroxyl groups is 2. The van der Waals surface area contributed by atoms with Crippen LogP contribution in [0.4, 0.5) is 0 Å². The lowest BCUT2D eigenvalue weighted by molar-refractivity contribution is 0.131. The van der Waals surface area contributed by atoms with Crippen molar-refractivity contribution < 1.29 is 10.2 Å². The molecule has 0 aliphatic heterocycles. The topological polar surface area (TPSA) is 40.5 Å². The van der Waals surface area contributed by atoms with Crippen LogP contribution in [0.5, 0.6) is 0 Å². The van der Waals surface area contributed by atoms with E-state index in [1.54, 1.807) is 12.2 Å². The van der Waals surface area contributed by atoms with Crippen LogP contribution in [0, 0.1) is 0 Å². The fourth-order valence-electron chi connectivity index (χ4n) is 0.595. The van der Waals surface area contributed by atoms with Gasteiger partial charge in [-0.15, -0.1) is 0 Å². The molecule has 1 atom stereocenters. The van der Waals surface area contributed by atoms with Gasteiger partial charge in [-0.05, 0) is 6.42 Å². The molecule has 2 N–H and O–H groups in total. The van der Waals surface area contributed by atoms with Gasteiger partial charge in [0.25, 0.3) is 0 Å². The molecule has 0 spiro atoms. The predicted octanol–water partition coefficient (Wildman–Crippen LogP) is 1.25. The Kier molecular flexibility index (Phi) is 7.10. The average Bonchev–Trinajstić information content (AvgIpc) is 2.04. The Morgan fingerprint density at radius 3 is 2.64 bits per heavy atom. The summed E-state index contributed by atoms with van der Waals surface area (Å²) >= 11 is 0. The number of unbranched alkanes of at least 4 members (excludes halogenated alkanes) is 1. The predicted molar refractivity (Wildman–Crippen MR) is 46.3 cm³/mol. The zero-order valence-corrected chi connectivity index (χ0v) is 6.90. The number of aliphatic hydroxyl groups excluding tert-OH is 2. The Hall–Kier alpha value is -0.600. The van der Waals surface area contributed by atoms with Crippen LogP contribution in [-0.4, -0.2) is 22.9 Å². The summed E-state index contributed by atoms with van der Waals surface area (Å²) in [6, 6.07) is 0. The Morgan fingerprint density at radius 1 is 1.36 bits per heavy atom. The highest BCUT2D eigenvalue weighted by atomic mass is 16.3. The maximum Gasteiger partial charge on any atom is 0.0954 e. The van der Waals surface area contributed by atoms with E-state index in [0.717, 1.165) is 12.8 Å². The second-order valence-corrected chi connectivity index (χ2v) is 2.35. The third-order valence-corrected chi connectivity index (χ3v) is 1.22. The molecule has 0 amide bonds. The Labute approximate surface area is 67.9 Å². The molecule has 0 heterocycles. The Bertz CT molecular complexity index is 128. The molecular weight excluding hydrogens is 140 g/mol. The van der Waals surface area contributed by atoms with Crippen LogP contribution >= 0.6 is 0 Å². The molecular formula is C9H16O2. The highest BCUT2D eigenvalue weighted by Crippen LogP contribution is 1.90. The number of allylic oxidation sites excluding steroid dienone is 3. The lowest BCUT2D eigenvalue weighted by Gasteiger charge is -1.95. The second kappa shape index (κ2) is 7.51. The van der Waals surface area contributed by atoms with E-state index in [1.165, 1.54) is 0 Å². The minimum atomic E-state index is -0.721. The van der Waals surface area contributed by atoms with Gasteiger partial charge in [0.15, 0.2) is 0 Å². The summed E-state index contributed by atoms with van der Waals surface area (Å²) in [6.45, 7) is 1.90. The van der Waals surface area contributed by atoms with E-state index in [1.807, 2.05) is 12.2 Å². The van der Waals surface area contributed by atoms with Gasteiger partial charge in [0.1, 0.15) is 0 Å². The Morgan fingerprint density at radius 2 is 2.09 bits per heavy atom. The van der Waals surface area contributed by atoms with Gasteiger partial charge in [-0.25, -0.2) is 0 Å². The molecule has 0 radical (unpaired) electrons. The van der Waals surface area contributed by atoms with Gasteiger partial charge >= 0.3 is 0 Å². The molecule has 0 unspecified atom stereocenters. The molecule has 2 nitrogen and oxygen atoms in total. The lowest BCUT2D eigenvalue weighted by atomic mass is 10.3. The van der Waals surface area contributed by atoms with Gasteiger partial charge in [0, 0.05) is 0 Å². The summed E-state index contributed by atoms with van der Waals surface area (Å²) in [5, 5.41) is 17.3. The van der Waals surface area contributed by atoms with Crippen molar-refractivity contribution in [3.8, 4) is 0 Å². The molecule has 0 aliphatic carbocycles. The smallest absolute Gasteiger partial charge is 0.0954 e. The summed E-state index contributed by atoms with van der Waals surface area (Å²) in [7, 11) is 0. The first-order chi connectivity index (χ1) is 5.31. The van der Waals surface area contributed by atoms with Gasteiger partial charge < -0.3 is 10.2 Å². The maximum atomic E-state index is 8.84. The summed E-state index contributed by atoms with van der Waals surface area (Å²) in [4.78, 5) is 0. The van der Waals surface area contributed by atoms with E-state index in [2.05, 4.69) is 6.92 Å². The molecule has 0 aliphatic rings. The van der Waals surface area contributed by atoms with Crippen molar-refractivity contribution >= 4 is 0 Å². The van der Waals surface area contributed by atoms with E-state index in [9.17, 15) is 0 Å². The summed E-state index contributed by atoms with van der Waals surface area (Å²) in [5.74, 6) is 0. The molecule has 11 heavy (non-hydrogen) atoms. The second-order valence-electron chi connectivity index (χ2n) is 2.35. The third-order valence-electron chi connectivity index (χ3n) is 1.22. The first kappa shape index (κ1) is 10.4. The molecule has 64 valence electrons. The van der Waals surface area contributed by atoms with Crippen LogP contribution in [0.1, 0.15) is 19.8 Å². The van der Waals surface area contributed by atoms with Crippen LogP contribution < -0.4 is 0 Å². The quantitative estimate of drug-likeness (QED) is 0.588. The number of hydrogen-bond donors (Lipinski definition) is 2. The van der Waals surface area contributed by atoms with Crippen LogP contribution in [0.25, 0.3) is 0 Å². The van der Waals surface area contributed by atoms with Crippen molar-refractivity contribution in [1.82, 2.24) is 0 Å². The fourth-order valence-corrected chi connectivity index (χ4v) is 0.595. The monoisotopic (exact) mass is 156 g/mol. The summed E-state index contributed by atoms with van der Waals surface area (Å²) in [5.41, 5.74) is 0. The fraction of sp³-hybridized carbons (Fsp3) is 0.556. The van der Waals surface area contributed by atoms with Gasteiger partial charge in [0.2, 0.25) is 0 Å². The van der Waals surface area contributed by atoms with Crippen LogP contribution in [-0.2, 0) is 0 Å². The van der Waals surface area contributed by atoms with Gasteiger partial charge in [-0.1, -0.05) is 37.6 Å².